The van der Waals surface area contributed by atoms with E-state index in [4.69, 9.17) is 23.7 Å². The number of carbonyl (C=O) groups is 1. The van der Waals surface area contributed by atoms with E-state index in [0.717, 1.165) is 6.07 Å². The molecule has 0 aliphatic rings. The first-order valence-electron chi connectivity index (χ1n) is 8.48. The summed E-state index contributed by atoms with van der Waals surface area (Å²) in [5.74, 6) is -2.93. The van der Waals surface area contributed by atoms with Gasteiger partial charge in [-0.25, -0.2) is 0 Å². The number of hydrogen-bond donors (Lipinski definition) is 3. The van der Waals surface area contributed by atoms with Crippen LogP contribution in [0.2, 0.25) is 0 Å². The molecule has 0 aliphatic heterocycles. The first-order valence-corrected chi connectivity index (χ1v) is 8.48. The topological polar surface area (TPSA) is 124 Å². The van der Waals surface area contributed by atoms with Crippen molar-refractivity contribution in [2.75, 3.05) is 35.5 Å². The van der Waals surface area contributed by atoms with E-state index in [1.807, 2.05) is 0 Å². The summed E-state index contributed by atoms with van der Waals surface area (Å²) in [6.45, 7) is 0. The molecule has 9 nitrogen and oxygen atoms in total. The standard InChI is InChI=1S/C20H24O9/c1-25-13-8-10(6-7-11(13)21)15(20(28-4)29-5)18(24)16-12(22)9-14(26-2)17(23)19(16)27-3/h6-9,15,20-23H,1-5H3. The van der Waals surface area contributed by atoms with Gasteiger partial charge in [-0.2, -0.15) is 0 Å². The van der Waals surface area contributed by atoms with Crippen molar-refractivity contribution < 1.29 is 43.8 Å². The Balaban J connectivity index is 2.70. The smallest absolute Gasteiger partial charge is 0.201 e. The molecule has 0 amide bonds. The van der Waals surface area contributed by atoms with Gasteiger partial charge in [-0.15, -0.1) is 0 Å². The van der Waals surface area contributed by atoms with Gasteiger partial charge in [0.2, 0.25) is 5.75 Å². The summed E-state index contributed by atoms with van der Waals surface area (Å²) in [7, 11) is 6.62. The Bertz CT molecular complexity index is 875. The zero-order valence-electron chi connectivity index (χ0n) is 16.8. The van der Waals surface area contributed by atoms with Gasteiger partial charge in [0.25, 0.3) is 0 Å². The molecular formula is C20H24O9. The second kappa shape index (κ2) is 9.35. The first-order chi connectivity index (χ1) is 13.8. The number of aromatic hydroxyl groups is 3. The van der Waals surface area contributed by atoms with Crippen LogP contribution < -0.4 is 14.2 Å². The van der Waals surface area contributed by atoms with E-state index in [1.165, 1.54) is 53.7 Å². The molecule has 0 radical (unpaired) electrons. The van der Waals surface area contributed by atoms with Crippen molar-refractivity contribution in [2.24, 2.45) is 0 Å². The molecule has 0 fully saturated rings. The molecule has 2 aromatic carbocycles. The van der Waals surface area contributed by atoms with Gasteiger partial charge in [-0.3, -0.25) is 4.79 Å². The van der Waals surface area contributed by atoms with Crippen molar-refractivity contribution >= 4 is 5.78 Å². The van der Waals surface area contributed by atoms with Crippen LogP contribution in [0.4, 0.5) is 0 Å². The Morgan fingerprint density at radius 1 is 0.828 bits per heavy atom. The lowest BCUT2D eigenvalue weighted by Crippen LogP contribution is -2.30. The van der Waals surface area contributed by atoms with E-state index in [1.54, 1.807) is 0 Å². The van der Waals surface area contributed by atoms with Crippen LogP contribution in [0.1, 0.15) is 21.8 Å². The summed E-state index contributed by atoms with van der Waals surface area (Å²) >= 11 is 0. The second-order valence-electron chi connectivity index (χ2n) is 5.97. The number of Topliss-reactive ketones (excluding diaryl/α,β-unsaturated/α-hetero) is 1. The molecule has 158 valence electrons. The molecule has 0 spiro atoms. The Labute approximate surface area is 168 Å². The molecular weight excluding hydrogens is 384 g/mol. The van der Waals surface area contributed by atoms with Crippen LogP contribution >= 0.6 is 0 Å². The lowest BCUT2D eigenvalue weighted by molar-refractivity contribution is -0.110. The molecule has 0 bridgehead atoms. The third kappa shape index (κ3) is 4.15. The van der Waals surface area contributed by atoms with E-state index in [-0.39, 0.29) is 28.6 Å². The van der Waals surface area contributed by atoms with Crippen molar-refractivity contribution in [3.05, 3.63) is 35.4 Å². The number of phenols is 3. The predicted octanol–water partition coefficient (Wildman–Crippen LogP) is 2.41. The van der Waals surface area contributed by atoms with Gasteiger partial charge >= 0.3 is 0 Å². The van der Waals surface area contributed by atoms with Crippen molar-refractivity contribution in [3.63, 3.8) is 0 Å². The van der Waals surface area contributed by atoms with Crippen molar-refractivity contribution in [1.82, 2.24) is 0 Å². The minimum absolute atomic E-state index is 0.0613. The predicted molar refractivity (Wildman–Crippen MR) is 102 cm³/mol. The van der Waals surface area contributed by atoms with Gasteiger partial charge in [-0.1, -0.05) is 6.07 Å². The largest absolute Gasteiger partial charge is 0.507 e. The minimum atomic E-state index is -1.09. The highest BCUT2D eigenvalue weighted by molar-refractivity contribution is 6.06. The van der Waals surface area contributed by atoms with Crippen LogP contribution in [0.25, 0.3) is 0 Å². The zero-order valence-corrected chi connectivity index (χ0v) is 16.8. The Morgan fingerprint density at radius 2 is 1.45 bits per heavy atom. The number of phenolic OH excluding ortho intramolecular Hbond substituents is 3. The molecule has 1 unspecified atom stereocenters. The molecule has 1 atom stereocenters. The van der Waals surface area contributed by atoms with Crippen molar-refractivity contribution in [1.29, 1.82) is 0 Å². The van der Waals surface area contributed by atoms with E-state index in [2.05, 4.69) is 0 Å². The molecule has 0 saturated heterocycles. The van der Waals surface area contributed by atoms with E-state index in [0.29, 0.717) is 5.56 Å². The van der Waals surface area contributed by atoms with Crippen LogP contribution in [0.5, 0.6) is 34.5 Å². The van der Waals surface area contributed by atoms with Gasteiger partial charge in [0.1, 0.15) is 11.3 Å². The molecule has 2 rings (SSSR count). The van der Waals surface area contributed by atoms with Gasteiger partial charge in [-0.05, 0) is 17.7 Å². The third-order valence-corrected chi connectivity index (χ3v) is 4.45. The maximum Gasteiger partial charge on any atom is 0.201 e. The van der Waals surface area contributed by atoms with Gasteiger partial charge in [0.05, 0.1) is 27.2 Å². The van der Waals surface area contributed by atoms with Gasteiger partial charge in [0, 0.05) is 20.3 Å². The zero-order chi connectivity index (χ0) is 21.7. The summed E-state index contributed by atoms with van der Waals surface area (Å²) < 4.78 is 25.8. The summed E-state index contributed by atoms with van der Waals surface area (Å²) in [6.07, 6.45) is -1.05. The lowest BCUT2D eigenvalue weighted by atomic mass is 9.88. The number of carbonyl (C=O) groups excluding carboxylic acids is 1. The summed E-state index contributed by atoms with van der Waals surface area (Å²) in [5, 5.41) is 30.7. The number of rotatable bonds is 9. The summed E-state index contributed by atoms with van der Waals surface area (Å²) in [4.78, 5) is 13.5. The van der Waals surface area contributed by atoms with Gasteiger partial charge < -0.3 is 39.0 Å². The number of ketones is 1. The molecule has 29 heavy (non-hydrogen) atoms. The average Bonchev–Trinajstić information content (AvgIpc) is 2.73. The van der Waals surface area contributed by atoms with Crippen LogP contribution in [0.3, 0.4) is 0 Å². The van der Waals surface area contributed by atoms with Crippen molar-refractivity contribution in [3.8, 4) is 34.5 Å². The molecule has 0 heterocycles. The average molecular weight is 408 g/mol. The van der Waals surface area contributed by atoms with Crippen LogP contribution in [0.15, 0.2) is 24.3 Å². The fourth-order valence-electron chi connectivity index (χ4n) is 3.05. The monoisotopic (exact) mass is 408 g/mol. The van der Waals surface area contributed by atoms with Crippen molar-refractivity contribution in [2.45, 2.75) is 12.2 Å². The number of hydrogen-bond acceptors (Lipinski definition) is 9. The second-order valence-corrected chi connectivity index (χ2v) is 5.97. The lowest BCUT2D eigenvalue weighted by Gasteiger charge is -2.26. The molecule has 9 heteroatoms. The maximum atomic E-state index is 13.5. The fourth-order valence-corrected chi connectivity index (χ4v) is 3.05. The van der Waals surface area contributed by atoms with Crippen LogP contribution in [-0.2, 0) is 9.47 Å². The van der Waals surface area contributed by atoms with E-state index < -0.39 is 29.5 Å². The molecule has 0 saturated carbocycles. The quantitative estimate of drug-likeness (QED) is 0.326. The molecule has 2 aromatic rings. The SMILES string of the molecule is COc1cc(C(C(=O)c2c(O)cc(OC)c(O)c2OC)C(OC)OC)ccc1O. The number of ether oxygens (including phenoxy) is 5. The fraction of sp³-hybridized carbons (Fsp3) is 0.350. The highest BCUT2D eigenvalue weighted by Crippen LogP contribution is 2.46. The maximum absolute atomic E-state index is 13.5. The number of methoxy groups -OCH3 is 5. The molecule has 0 aliphatic carbocycles. The first kappa shape index (κ1) is 22.1. The van der Waals surface area contributed by atoms with E-state index >= 15 is 0 Å². The van der Waals surface area contributed by atoms with Crippen LogP contribution in [0, 0.1) is 0 Å². The van der Waals surface area contributed by atoms with Crippen LogP contribution in [-0.4, -0.2) is 62.9 Å². The number of benzene rings is 2. The molecule has 0 aromatic heterocycles. The Kier molecular flexibility index (Phi) is 7.13. The third-order valence-electron chi connectivity index (χ3n) is 4.45. The Hall–Kier alpha value is -3.17. The summed E-state index contributed by atoms with van der Waals surface area (Å²) in [5.41, 5.74) is 0.108. The highest BCUT2D eigenvalue weighted by atomic mass is 16.7. The minimum Gasteiger partial charge on any atom is -0.507 e. The normalized spacial score (nSPS) is 11.9. The molecule has 3 N–H and O–H groups in total. The Morgan fingerprint density at radius 3 is 1.97 bits per heavy atom. The summed E-state index contributed by atoms with van der Waals surface area (Å²) in [6, 6.07) is 5.42. The highest BCUT2D eigenvalue weighted by Gasteiger charge is 2.36. The van der Waals surface area contributed by atoms with Gasteiger partial charge in [0.15, 0.2) is 35.1 Å². The van der Waals surface area contributed by atoms with E-state index in [9.17, 15) is 20.1 Å².